The van der Waals surface area contributed by atoms with E-state index in [4.69, 9.17) is 19.9 Å². The lowest BCUT2D eigenvalue weighted by atomic mass is 9.99. The number of ether oxygens (including phenoxy) is 3. The molecule has 4 rings (SSSR count). The molecule has 0 unspecified atom stereocenters. The number of hydrogen-bond donors (Lipinski definition) is 9. The van der Waals surface area contributed by atoms with Gasteiger partial charge < -0.3 is 61.6 Å². The molecule has 3 aromatic rings. The Balaban J connectivity index is 1.32. The molecule has 4 amide bonds. The molecule has 1 aliphatic heterocycles. The molecule has 18 heteroatoms. The topological polar surface area (TPSA) is 268 Å². The summed E-state index contributed by atoms with van der Waals surface area (Å²) in [5, 5.41) is 51.0. The van der Waals surface area contributed by atoms with Gasteiger partial charge in [-0.2, -0.15) is 11.8 Å². The number of aliphatic hydroxyl groups is 3. The highest BCUT2D eigenvalue weighted by Gasteiger charge is 2.45. The van der Waals surface area contributed by atoms with E-state index in [1.54, 1.807) is 66.7 Å². The first-order chi connectivity index (χ1) is 27.8. The molecular weight excluding hydrogens is 775 g/mol. The smallest absolute Gasteiger partial charge is 0.328 e. The van der Waals surface area contributed by atoms with Crippen molar-refractivity contribution in [2.45, 2.75) is 74.7 Å². The van der Waals surface area contributed by atoms with E-state index in [0.29, 0.717) is 16.9 Å². The number of aromatic hydroxyl groups is 1. The van der Waals surface area contributed by atoms with Crippen molar-refractivity contribution >= 4 is 41.4 Å². The fraction of sp³-hybridized carbons (Fsp3) is 0.425. The van der Waals surface area contributed by atoms with Gasteiger partial charge in [0.15, 0.2) is 6.29 Å². The molecule has 0 aliphatic carbocycles. The Morgan fingerprint density at radius 1 is 0.741 bits per heavy atom. The number of rotatable bonds is 21. The summed E-state index contributed by atoms with van der Waals surface area (Å²) in [4.78, 5) is 65.0. The second-order valence-electron chi connectivity index (χ2n) is 13.6. The number of nitrogens with two attached hydrogens (primary N) is 1. The van der Waals surface area contributed by atoms with Crippen LogP contribution < -0.4 is 27.0 Å². The molecule has 1 fully saturated rings. The summed E-state index contributed by atoms with van der Waals surface area (Å²) in [6.45, 7) is -1.52. The standard InChI is InChI=1S/C40H51N5O12S/c1-58-17-16-29(39(54)55-23-31-34(49)35(50)36(51)40(57-31)56-22-26-10-6-3-7-11-26)45-38(53)30(19-24-8-4-2-5-9-24)44-33(48)21-42-32(47)20-43-37(52)28(41)18-25-12-14-27(46)15-13-25/h2-15,28-31,34-36,40,46,49-51H,16-23,41H2,1H3,(H,42,47)(H,43,52)(H,44,48)(H,45,53)/t28-,29-,30-,31+,34+,35-,36+,40+/m0/s1. The molecule has 58 heavy (non-hydrogen) atoms. The molecule has 0 radical (unpaired) electrons. The van der Waals surface area contributed by atoms with Crippen molar-refractivity contribution in [2.75, 3.05) is 31.7 Å². The minimum absolute atomic E-state index is 0.0261. The number of benzene rings is 3. The van der Waals surface area contributed by atoms with Crippen molar-refractivity contribution in [1.29, 1.82) is 0 Å². The quantitative estimate of drug-likeness (QED) is 0.0586. The number of esters is 1. The van der Waals surface area contributed by atoms with E-state index >= 15 is 0 Å². The van der Waals surface area contributed by atoms with E-state index in [-0.39, 0.29) is 31.6 Å². The molecule has 0 aromatic heterocycles. The summed E-state index contributed by atoms with van der Waals surface area (Å²) in [5.41, 5.74) is 8.11. The van der Waals surface area contributed by atoms with Gasteiger partial charge in [-0.25, -0.2) is 4.79 Å². The molecule has 0 spiro atoms. The van der Waals surface area contributed by atoms with E-state index in [0.717, 1.165) is 5.56 Å². The maximum absolute atomic E-state index is 13.7. The van der Waals surface area contributed by atoms with Gasteiger partial charge in [0.25, 0.3) is 0 Å². The molecule has 0 saturated carbocycles. The summed E-state index contributed by atoms with van der Waals surface area (Å²) >= 11 is 1.41. The Morgan fingerprint density at radius 3 is 2.02 bits per heavy atom. The lowest BCUT2D eigenvalue weighted by Crippen LogP contribution is -2.59. The number of phenols is 1. The number of nitrogens with one attached hydrogen (secondary N) is 4. The monoisotopic (exact) mass is 825 g/mol. The Kier molecular flexibility index (Phi) is 18.4. The number of carbonyl (C=O) groups excluding carboxylic acids is 5. The normalized spacial score (nSPS) is 20.5. The number of hydrogen-bond acceptors (Lipinski definition) is 14. The molecule has 314 valence electrons. The van der Waals surface area contributed by atoms with Crippen LogP contribution in [0.2, 0.25) is 0 Å². The van der Waals surface area contributed by atoms with Crippen molar-refractivity contribution in [1.82, 2.24) is 21.3 Å². The molecule has 1 saturated heterocycles. The van der Waals surface area contributed by atoms with E-state index < -0.39 is 98.1 Å². The maximum atomic E-state index is 13.7. The Hall–Kier alpha value is -5.08. The van der Waals surface area contributed by atoms with Crippen LogP contribution in [-0.4, -0.2) is 131 Å². The van der Waals surface area contributed by atoms with Gasteiger partial charge in [0, 0.05) is 6.42 Å². The fourth-order valence-electron chi connectivity index (χ4n) is 5.79. The van der Waals surface area contributed by atoms with Crippen LogP contribution in [0, 0.1) is 0 Å². The number of thioether (sulfide) groups is 1. The van der Waals surface area contributed by atoms with Crippen LogP contribution in [0.15, 0.2) is 84.9 Å². The highest BCUT2D eigenvalue weighted by molar-refractivity contribution is 7.98. The molecule has 0 bridgehead atoms. The first-order valence-corrected chi connectivity index (χ1v) is 20.0. The van der Waals surface area contributed by atoms with Crippen LogP contribution in [0.5, 0.6) is 5.75 Å². The van der Waals surface area contributed by atoms with Gasteiger partial charge in [-0.1, -0.05) is 72.8 Å². The number of aliphatic hydroxyl groups excluding tert-OH is 3. The lowest BCUT2D eigenvalue weighted by Gasteiger charge is -2.40. The average Bonchev–Trinajstić information content (AvgIpc) is 3.23. The minimum Gasteiger partial charge on any atom is -0.508 e. The minimum atomic E-state index is -1.67. The van der Waals surface area contributed by atoms with Gasteiger partial charge in [-0.05, 0) is 53.7 Å². The van der Waals surface area contributed by atoms with Crippen LogP contribution >= 0.6 is 11.8 Å². The van der Waals surface area contributed by atoms with Gasteiger partial charge >= 0.3 is 5.97 Å². The highest BCUT2D eigenvalue weighted by Crippen LogP contribution is 2.24. The average molecular weight is 826 g/mol. The summed E-state index contributed by atoms with van der Waals surface area (Å²) < 4.78 is 16.8. The van der Waals surface area contributed by atoms with E-state index in [1.807, 2.05) is 12.3 Å². The fourth-order valence-corrected chi connectivity index (χ4v) is 6.26. The Bertz CT molecular complexity index is 1770. The Morgan fingerprint density at radius 2 is 1.36 bits per heavy atom. The van der Waals surface area contributed by atoms with Crippen molar-refractivity contribution in [3.63, 3.8) is 0 Å². The number of carbonyl (C=O) groups is 5. The molecule has 17 nitrogen and oxygen atoms in total. The first-order valence-electron chi connectivity index (χ1n) is 18.6. The lowest BCUT2D eigenvalue weighted by molar-refractivity contribution is -0.304. The third kappa shape index (κ3) is 14.7. The third-order valence-electron chi connectivity index (χ3n) is 9.06. The van der Waals surface area contributed by atoms with Crippen LogP contribution in [0.3, 0.4) is 0 Å². The zero-order valence-corrected chi connectivity index (χ0v) is 32.7. The van der Waals surface area contributed by atoms with Crippen molar-refractivity contribution in [3.8, 4) is 5.75 Å². The van der Waals surface area contributed by atoms with E-state index in [2.05, 4.69) is 21.3 Å². The molecule has 1 heterocycles. The van der Waals surface area contributed by atoms with E-state index in [1.165, 1.54) is 23.9 Å². The third-order valence-corrected chi connectivity index (χ3v) is 9.70. The largest absolute Gasteiger partial charge is 0.508 e. The van der Waals surface area contributed by atoms with Crippen LogP contribution in [0.1, 0.15) is 23.1 Å². The van der Waals surface area contributed by atoms with Crippen molar-refractivity contribution in [3.05, 3.63) is 102 Å². The van der Waals surface area contributed by atoms with Gasteiger partial charge in [0.05, 0.1) is 25.7 Å². The van der Waals surface area contributed by atoms with Crippen molar-refractivity contribution in [2.24, 2.45) is 5.73 Å². The SMILES string of the molecule is CSCC[C@H](NC(=O)[C@H](Cc1ccccc1)NC(=O)CNC(=O)CNC(=O)[C@@H](N)Cc1ccc(O)cc1)C(=O)OC[C@H]1O[C@@H](OCc2ccccc2)[C@H](O)[C@@H](O)[C@@H]1O. The van der Waals surface area contributed by atoms with Gasteiger partial charge in [-0.3, -0.25) is 19.2 Å². The highest BCUT2D eigenvalue weighted by atomic mass is 32.2. The zero-order valence-electron chi connectivity index (χ0n) is 31.9. The summed E-state index contributed by atoms with van der Waals surface area (Å²) in [7, 11) is 0. The Labute approximate surface area is 340 Å². The maximum Gasteiger partial charge on any atom is 0.328 e. The molecule has 3 aromatic carbocycles. The van der Waals surface area contributed by atoms with Gasteiger partial charge in [0.2, 0.25) is 23.6 Å². The van der Waals surface area contributed by atoms with Crippen LogP contribution in [-0.2, 0) is 57.6 Å². The van der Waals surface area contributed by atoms with E-state index in [9.17, 15) is 44.4 Å². The van der Waals surface area contributed by atoms with Gasteiger partial charge in [-0.15, -0.1) is 0 Å². The van der Waals surface area contributed by atoms with Crippen LogP contribution in [0.4, 0.5) is 0 Å². The van der Waals surface area contributed by atoms with Gasteiger partial charge in [0.1, 0.15) is 48.9 Å². The second kappa shape index (κ2) is 23.4. The molecule has 1 aliphatic rings. The zero-order chi connectivity index (χ0) is 42.0. The summed E-state index contributed by atoms with van der Waals surface area (Å²) in [6, 6.07) is 20.6. The predicted molar refractivity (Wildman–Crippen MR) is 212 cm³/mol. The molecule has 8 atom stereocenters. The second-order valence-corrected chi connectivity index (χ2v) is 14.6. The summed E-state index contributed by atoms with van der Waals surface area (Å²) in [6.07, 6.45) is -5.38. The predicted octanol–water partition coefficient (Wildman–Crippen LogP) is -0.973. The number of amides is 4. The number of phenolic OH excluding ortho intramolecular Hbond substituents is 1. The molecular formula is C40H51N5O12S. The summed E-state index contributed by atoms with van der Waals surface area (Å²) in [5.74, 6) is -3.10. The van der Waals surface area contributed by atoms with Crippen molar-refractivity contribution < 1.29 is 58.6 Å². The molecule has 10 N–H and O–H groups in total. The first kappa shape index (κ1) is 45.6. The van der Waals surface area contributed by atoms with Crippen LogP contribution in [0.25, 0.3) is 0 Å².